The molecule has 5 atom stereocenters. The van der Waals surface area contributed by atoms with Crippen molar-refractivity contribution >= 4 is 47.3 Å². The topological polar surface area (TPSA) is 231 Å². The van der Waals surface area contributed by atoms with E-state index in [-0.39, 0.29) is 18.8 Å². The van der Waals surface area contributed by atoms with Gasteiger partial charge in [-0.2, -0.15) is 11.8 Å². The quantitative estimate of drug-likeness (QED) is 0.119. The number of hydrogen-bond acceptors (Lipinski definition) is 8. The number of nitrogens with one attached hydrogen (secondary N) is 3. The highest BCUT2D eigenvalue weighted by Gasteiger charge is 2.31. The second-order valence-electron chi connectivity index (χ2n) is 7.82. The molecule has 0 aliphatic rings. The van der Waals surface area contributed by atoms with E-state index in [0.29, 0.717) is 12.2 Å². The summed E-state index contributed by atoms with van der Waals surface area (Å²) in [5.74, 6) is -5.71. The number of aliphatic carboxylic acids is 2. The van der Waals surface area contributed by atoms with Crippen LogP contribution in [0.3, 0.4) is 0 Å². The molecule has 14 heteroatoms. The largest absolute Gasteiger partial charge is 0.481 e. The van der Waals surface area contributed by atoms with E-state index in [0.717, 1.165) is 0 Å². The number of amides is 4. The Morgan fingerprint density at radius 2 is 1.38 bits per heavy atom. The van der Waals surface area contributed by atoms with Gasteiger partial charge in [-0.3, -0.25) is 24.0 Å². The molecular formula is C20H35N5O8S. The fourth-order valence-electron chi connectivity index (χ4n) is 2.77. The van der Waals surface area contributed by atoms with E-state index in [4.69, 9.17) is 16.6 Å². The number of carbonyl (C=O) groups excluding carboxylic acids is 4. The summed E-state index contributed by atoms with van der Waals surface area (Å²) >= 11 is 1.42. The van der Waals surface area contributed by atoms with Gasteiger partial charge in [-0.15, -0.1) is 0 Å². The number of rotatable bonds is 17. The summed E-state index contributed by atoms with van der Waals surface area (Å²) in [4.78, 5) is 71.4. The van der Waals surface area contributed by atoms with Gasteiger partial charge in [0.05, 0.1) is 12.5 Å². The Kier molecular flexibility index (Phi) is 14.5. The van der Waals surface area contributed by atoms with Crippen LogP contribution >= 0.6 is 11.8 Å². The van der Waals surface area contributed by atoms with Crippen molar-refractivity contribution in [1.29, 1.82) is 0 Å². The van der Waals surface area contributed by atoms with Crippen LogP contribution in [-0.2, 0) is 28.8 Å². The van der Waals surface area contributed by atoms with Crippen LogP contribution in [0.15, 0.2) is 0 Å². The summed E-state index contributed by atoms with van der Waals surface area (Å²) in [5, 5.41) is 25.2. The Morgan fingerprint density at radius 3 is 1.82 bits per heavy atom. The molecule has 5 unspecified atom stereocenters. The van der Waals surface area contributed by atoms with Crippen molar-refractivity contribution in [1.82, 2.24) is 16.0 Å². The van der Waals surface area contributed by atoms with Crippen molar-refractivity contribution in [2.45, 2.75) is 70.1 Å². The third kappa shape index (κ3) is 11.8. The van der Waals surface area contributed by atoms with Crippen LogP contribution in [0.5, 0.6) is 0 Å². The lowest BCUT2D eigenvalue weighted by Gasteiger charge is -2.25. The minimum Gasteiger partial charge on any atom is -0.481 e. The fraction of sp³-hybridized carbons (Fsp3) is 0.700. The zero-order valence-corrected chi connectivity index (χ0v) is 20.4. The number of hydrogen-bond donors (Lipinski definition) is 7. The maximum Gasteiger partial charge on any atom is 0.326 e. The lowest BCUT2D eigenvalue weighted by molar-refractivity contribution is -0.144. The number of nitrogens with two attached hydrogens (primary N) is 2. The van der Waals surface area contributed by atoms with Gasteiger partial charge < -0.3 is 37.6 Å². The van der Waals surface area contributed by atoms with Gasteiger partial charge in [-0.05, 0) is 30.8 Å². The number of carboxylic acids is 2. The van der Waals surface area contributed by atoms with E-state index in [2.05, 4.69) is 16.0 Å². The number of thioether (sulfide) groups is 1. The van der Waals surface area contributed by atoms with E-state index in [9.17, 15) is 33.9 Å². The molecular weight excluding hydrogens is 470 g/mol. The standard InChI is InChI=1S/C20H35N5O8S/c1-4-10(2)16(22)19(31)24-12(7-8-34-3)18(30)23-11(5-6-15(27)28)17(29)25-13(20(32)33)9-14(21)26/h10-13,16H,4-9,22H2,1-3H3,(H2,21,26)(H,23,30)(H,24,31)(H,25,29)(H,27,28)(H,32,33). The van der Waals surface area contributed by atoms with Crippen LogP contribution in [0.1, 0.15) is 46.0 Å². The molecule has 0 heterocycles. The monoisotopic (exact) mass is 505 g/mol. The molecule has 0 saturated carbocycles. The zero-order valence-electron chi connectivity index (χ0n) is 19.5. The summed E-state index contributed by atoms with van der Waals surface area (Å²) in [6.07, 6.45) is 1.09. The molecule has 0 saturated heterocycles. The zero-order chi connectivity index (χ0) is 26.4. The van der Waals surface area contributed by atoms with Crippen LogP contribution in [0.25, 0.3) is 0 Å². The molecule has 13 nitrogen and oxygen atoms in total. The maximum absolute atomic E-state index is 12.9. The lowest BCUT2D eigenvalue weighted by Crippen LogP contribution is -2.58. The van der Waals surface area contributed by atoms with Gasteiger partial charge in [-0.25, -0.2) is 4.79 Å². The van der Waals surface area contributed by atoms with Crippen molar-refractivity contribution in [3.63, 3.8) is 0 Å². The fourth-order valence-corrected chi connectivity index (χ4v) is 3.24. The van der Waals surface area contributed by atoms with Gasteiger partial charge in [0.1, 0.15) is 18.1 Å². The second kappa shape index (κ2) is 15.9. The molecule has 0 aliphatic carbocycles. The molecule has 4 amide bonds. The molecule has 0 aromatic carbocycles. The summed E-state index contributed by atoms with van der Waals surface area (Å²) in [7, 11) is 0. The summed E-state index contributed by atoms with van der Waals surface area (Å²) in [5.41, 5.74) is 10.9. The van der Waals surface area contributed by atoms with Crippen molar-refractivity contribution in [2.75, 3.05) is 12.0 Å². The first-order valence-electron chi connectivity index (χ1n) is 10.7. The third-order valence-corrected chi connectivity index (χ3v) is 5.75. The van der Waals surface area contributed by atoms with Crippen molar-refractivity contribution in [3.8, 4) is 0 Å². The van der Waals surface area contributed by atoms with Crippen LogP contribution in [-0.4, -0.2) is 82.0 Å². The minimum atomic E-state index is -1.66. The first-order chi connectivity index (χ1) is 15.8. The van der Waals surface area contributed by atoms with Crippen molar-refractivity contribution in [2.24, 2.45) is 17.4 Å². The Hall–Kier alpha value is -2.87. The molecule has 0 radical (unpaired) electrons. The predicted octanol–water partition coefficient (Wildman–Crippen LogP) is -1.61. The van der Waals surface area contributed by atoms with Crippen LogP contribution in [0.2, 0.25) is 0 Å². The van der Waals surface area contributed by atoms with Gasteiger partial charge >= 0.3 is 11.9 Å². The van der Waals surface area contributed by atoms with Crippen molar-refractivity contribution in [3.05, 3.63) is 0 Å². The summed E-state index contributed by atoms with van der Waals surface area (Å²) in [6.45, 7) is 3.66. The van der Waals surface area contributed by atoms with Gasteiger partial charge in [-0.1, -0.05) is 20.3 Å². The molecule has 0 aromatic rings. The Labute approximate surface area is 202 Å². The first-order valence-corrected chi connectivity index (χ1v) is 12.1. The van der Waals surface area contributed by atoms with Gasteiger partial charge in [0.2, 0.25) is 23.6 Å². The normalized spacial score (nSPS) is 15.2. The highest BCUT2D eigenvalue weighted by atomic mass is 32.2. The van der Waals surface area contributed by atoms with Crippen LogP contribution in [0, 0.1) is 5.92 Å². The molecule has 0 spiro atoms. The molecule has 0 fully saturated rings. The van der Waals surface area contributed by atoms with E-state index in [1.54, 1.807) is 13.2 Å². The third-order valence-electron chi connectivity index (χ3n) is 5.10. The minimum absolute atomic E-state index is 0.142. The van der Waals surface area contributed by atoms with E-state index < -0.39 is 72.6 Å². The maximum atomic E-state index is 12.9. The Bertz CT molecular complexity index is 750. The highest BCUT2D eigenvalue weighted by molar-refractivity contribution is 7.98. The molecule has 194 valence electrons. The smallest absolute Gasteiger partial charge is 0.326 e. The van der Waals surface area contributed by atoms with Crippen LogP contribution in [0.4, 0.5) is 0 Å². The number of carboxylic acid groups (broad SMARTS) is 2. The average Bonchev–Trinajstić information content (AvgIpc) is 2.76. The summed E-state index contributed by atoms with van der Waals surface area (Å²) < 4.78 is 0. The second-order valence-corrected chi connectivity index (χ2v) is 8.80. The molecule has 0 aliphatic heterocycles. The molecule has 34 heavy (non-hydrogen) atoms. The molecule has 0 bridgehead atoms. The number of carbonyl (C=O) groups is 6. The summed E-state index contributed by atoms with van der Waals surface area (Å²) in [6, 6.07) is -5.01. The van der Waals surface area contributed by atoms with Gasteiger partial charge in [0.15, 0.2) is 0 Å². The molecule has 0 rings (SSSR count). The van der Waals surface area contributed by atoms with E-state index in [1.165, 1.54) is 11.8 Å². The Balaban J connectivity index is 5.58. The lowest BCUT2D eigenvalue weighted by atomic mass is 9.99. The molecule has 9 N–H and O–H groups in total. The predicted molar refractivity (Wildman–Crippen MR) is 125 cm³/mol. The number of primary amides is 1. The van der Waals surface area contributed by atoms with Crippen molar-refractivity contribution < 1.29 is 39.0 Å². The molecule has 0 aromatic heterocycles. The average molecular weight is 506 g/mol. The van der Waals surface area contributed by atoms with E-state index >= 15 is 0 Å². The van der Waals surface area contributed by atoms with E-state index in [1.807, 2.05) is 6.92 Å². The van der Waals surface area contributed by atoms with Gasteiger partial charge in [0.25, 0.3) is 0 Å². The first kappa shape index (κ1) is 31.1. The highest BCUT2D eigenvalue weighted by Crippen LogP contribution is 2.08. The van der Waals surface area contributed by atoms with Crippen LogP contribution < -0.4 is 27.4 Å². The Morgan fingerprint density at radius 1 is 0.882 bits per heavy atom. The van der Waals surface area contributed by atoms with Gasteiger partial charge in [0, 0.05) is 6.42 Å². The SMILES string of the molecule is CCC(C)C(N)C(=O)NC(CCSC)C(=O)NC(CCC(=O)O)C(=O)NC(CC(N)=O)C(=O)O.